The second-order valence-electron chi connectivity index (χ2n) is 4.85. The van der Waals surface area contributed by atoms with Gasteiger partial charge in [0.15, 0.2) is 11.5 Å². The fourth-order valence-corrected chi connectivity index (χ4v) is 2.20. The molecule has 0 unspecified atom stereocenters. The van der Waals surface area contributed by atoms with Crippen molar-refractivity contribution in [3.63, 3.8) is 0 Å². The van der Waals surface area contributed by atoms with E-state index < -0.39 is 0 Å². The number of benzene rings is 1. The van der Waals surface area contributed by atoms with Gasteiger partial charge in [-0.1, -0.05) is 6.07 Å². The zero-order valence-electron chi connectivity index (χ0n) is 12.5. The molecule has 3 N–H and O–H groups in total. The first kappa shape index (κ1) is 17.1. The van der Waals surface area contributed by atoms with Crippen LogP contribution in [-0.2, 0) is 4.79 Å². The standard InChI is InChI=1S/C16H17N3O3.ClH/c17-7-6-16(20)19-15-3-1-2-12(18-15)11-4-5-13-14(10-11)22-9-8-21-13;/h1-5,10H,6-9,17H2,(H,18,19,20);1H. The zero-order valence-corrected chi connectivity index (χ0v) is 13.3. The molecule has 3 rings (SSSR count). The number of halogens is 1. The van der Waals surface area contributed by atoms with Gasteiger partial charge in [0.1, 0.15) is 19.0 Å². The molecule has 0 saturated carbocycles. The van der Waals surface area contributed by atoms with Crippen LogP contribution in [0.4, 0.5) is 5.82 Å². The Kier molecular flexibility index (Phi) is 5.78. The van der Waals surface area contributed by atoms with E-state index in [0.717, 1.165) is 17.0 Å². The third-order valence-corrected chi connectivity index (χ3v) is 3.23. The molecule has 7 heteroatoms. The molecule has 0 saturated heterocycles. The van der Waals surface area contributed by atoms with Crippen molar-refractivity contribution in [2.24, 2.45) is 5.73 Å². The lowest BCUT2D eigenvalue weighted by Crippen LogP contribution is -2.17. The van der Waals surface area contributed by atoms with Crippen LogP contribution in [0.1, 0.15) is 6.42 Å². The number of amides is 1. The van der Waals surface area contributed by atoms with Crippen LogP contribution in [0.15, 0.2) is 36.4 Å². The minimum atomic E-state index is -0.144. The maximum absolute atomic E-state index is 11.6. The molecule has 0 bridgehead atoms. The maximum atomic E-state index is 11.6. The molecule has 0 fully saturated rings. The van der Waals surface area contributed by atoms with E-state index in [1.54, 1.807) is 6.07 Å². The quantitative estimate of drug-likeness (QED) is 0.894. The summed E-state index contributed by atoms with van der Waals surface area (Å²) in [6.07, 6.45) is 0.274. The topological polar surface area (TPSA) is 86.5 Å². The summed E-state index contributed by atoms with van der Waals surface area (Å²) in [7, 11) is 0. The van der Waals surface area contributed by atoms with E-state index in [1.165, 1.54) is 0 Å². The molecule has 1 amide bonds. The van der Waals surface area contributed by atoms with Crippen molar-refractivity contribution >= 4 is 24.1 Å². The van der Waals surface area contributed by atoms with Crippen molar-refractivity contribution in [1.82, 2.24) is 4.98 Å². The molecule has 1 aliphatic rings. The summed E-state index contributed by atoms with van der Waals surface area (Å²) in [5.74, 6) is 1.81. The summed E-state index contributed by atoms with van der Waals surface area (Å²) in [5.41, 5.74) is 7.02. The maximum Gasteiger partial charge on any atom is 0.226 e. The third-order valence-electron chi connectivity index (χ3n) is 3.23. The van der Waals surface area contributed by atoms with Gasteiger partial charge in [-0.2, -0.15) is 0 Å². The average Bonchev–Trinajstić information content (AvgIpc) is 2.55. The van der Waals surface area contributed by atoms with Crippen molar-refractivity contribution in [3.05, 3.63) is 36.4 Å². The van der Waals surface area contributed by atoms with Crippen molar-refractivity contribution in [1.29, 1.82) is 0 Å². The number of ether oxygens (including phenoxy) is 2. The van der Waals surface area contributed by atoms with Crippen LogP contribution < -0.4 is 20.5 Å². The first-order valence-electron chi connectivity index (χ1n) is 7.13. The van der Waals surface area contributed by atoms with E-state index in [2.05, 4.69) is 10.3 Å². The first-order chi connectivity index (χ1) is 10.8. The highest BCUT2D eigenvalue weighted by Gasteiger charge is 2.13. The Labute approximate surface area is 140 Å². The molecular weight excluding hydrogens is 318 g/mol. The molecule has 6 nitrogen and oxygen atoms in total. The average molecular weight is 336 g/mol. The number of rotatable bonds is 4. The summed E-state index contributed by atoms with van der Waals surface area (Å²) in [6.45, 7) is 1.42. The Balaban J connectivity index is 0.00000192. The molecule has 1 aliphatic heterocycles. The number of fused-ring (bicyclic) bond motifs is 1. The van der Waals surface area contributed by atoms with E-state index in [9.17, 15) is 4.79 Å². The van der Waals surface area contributed by atoms with Gasteiger partial charge in [-0.3, -0.25) is 4.79 Å². The van der Waals surface area contributed by atoms with Gasteiger partial charge in [0.25, 0.3) is 0 Å². The molecule has 0 radical (unpaired) electrons. The fraction of sp³-hybridized carbons (Fsp3) is 0.250. The highest BCUT2D eigenvalue weighted by molar-refractivity contribution is 5.90. The molecular formula is C16H18ClN3O3. The molecule has 0 atom stereocenters. The normalized spacial score (nSPS) is 12.2. The number of nitrogens with one attached hydrogen (secondary N) is 1. The van der Waals surface area contributed by atoms with E-state index in [0.29, 0.717) is 31.3 Å². The van der Waals surface area contributed by atoms with Gasteiger partial charge in [0.05, 0.1) is 5.69 Å². The molecule has 1 aromatic heterocycles. The number of pyridine rings is 1. The highest BCUT2D eigenvalue weighted by Crippen LogP contribution is 2.34. The number of hydrogen-bond acceptors (Lipinski definition) is 5. The van der Waals surface area contributed by atoms with E-state index in [4.69, 9.17) is 15.2 Å². The molecule has 1 aromatic carbocycles. The molecule has 0 aliphatic carbocycles. The second-order valence-corrected chi connectivity index (χ2v) is 4.85. The van der Waals surface area contributed by atoms with E-state index >= 15 is 0 Å². The monoisotopic (exact) mass is 335 g/mol. The summed E-state index contributed by atoms with van der Waals surface area (Å²) < 4.78 is 11.1. The van der Waals surface area contributed by atoms with Crippen LogP contribution in [-0.4, -0.2) is 30.6 Å². The Morgan fingerprint density at radius 1 is 1.17 bits per heavy atom. The number of nitrogens with two attached hydrogens (primary N) is 1. The van der Waals surface area contributed by atoms with Gasteiger partial charge in [-0.15, -0.1) is 12.4 Å². The number of aromatic nitrogens is 1. The Morgan fingerprint density at radius 2 is 1.96 bits per heavy atom. The van der Waals surface area contributed by atoms with Crippen molar-refractivity contribution < 1.29 is 14.3 Å². The van der Waals surface area contributed by atoms with Crippen LogP contribution in [0.25, 0.3) is 11.3 Å². The third kappa shape index (κ3) is 4.12. The predicted molar refractivity (Wildman–Crippen MR) is 90.2 cm³/mol. The Bertz CT molecular complexity index is 694. The van der Waals surface area contributed by atoms with Crippen LogP contribution in [0, 0.1) is 0 Å². The second kappa shape index (κ2) is 7.80. The minimum absolute atomic E-state index is 0. The summed E-state index contributed by atoms with van der Waals surface area (Å²) in [5, 5.41) is 2.73. The lowest BCUT2D eigenvalue weighted by molar-refractivity contribution is -0.116. The van der Waals surface area contributed by atoms with Gasteiger partial charge in [0.2, 0.25) is 5.91 Å². The molecule has 2 heterocycles. The number of carbonyl (C=O) groups is 1. The Hall–Kier alpha value is -2.31. The van der Waals surface area contributed by atoms with Crippen LogP contribution in [0.3, 0.4) is 0 Å². The highest BCUT2D eigenvalue weighted by atomic mass is 35.5. The van der Waals surface area contributed by atoms with Gasteiger partial charge < -0.3 is 20.5 Å². The number of anilines is 1. The number of carbonyl (C=O) groups excluding carboxylic acids is 1. The van der Waals surface area contributed by atoms with Crippen LogP contribution in [0.2, 0.25) is 0 Å². The van der Waals surface area contributed by atoms with E-state index in [-0.39, 0.29) is 24.7 Å². The molecule has 0 spiro atoms. The number of hydrogen-bond donors (Lipinski definition) is 2. The summed E-state index contributed by atoms with van der Waals surface area (Å²) in [6, 6.07) is 11.1. The van der Waals surface area contributed by atoms with Crippen LogP contribution >= 0.6 is 12.4 Å². The van der Waals surface area contributed by atoms with Gasteiger partial charge >= 0.3 is 0 Å². The van der Waals surface area contributed by atoms with E-state index in [1.807, 2.05) is 30.3 Å². The Morgan fingerprint density at radius 3 is 2.74 bits per heavy atom. The number of nitrogens with zero attached hydrogens (tertiary/aromatic N) is 1. The lowest BCUT2D eigenvalue weighted by Gasteiger charge is -2.18. The van der Waals surface area contributed by atoms with Gasteiger partial charge in [-0.25, -0.2) is 4.98 Å². The lowest BCUT2D eigenvalue weighted by atomic mass is 10.1. The van der Waals surface area contributed by atoms with Crippen molar-refractivity contribution in [2.45, 2.75) is 6.42 Å². The smallest absolute Gasteiger partial charge is 0.226 e. The minimum Gasteiger partial charge on any atom is -0.486 e. The van der Waals surface area contributed by atoms with Gasteiger partial charge in [0, 0.05) is 18.5 Å². The first-order valence-corrected chi connectivity index (χ1v) is 7.13. The summed E-state index contributed by atoms with van der Waals surface area (Å²) >= 11 is 0. The SMILES string of the molecule is Cl.NCCC(=O)Nc1cccc(-c2ccc3c(c2)OCCO3)n1. The van der Waals surface area contributed by atoms with Gasteiger partial charge in [-0.05, 0) is 30.3 Å². The molecule has 122 valence electrons. The fourth-order valence-electron chi connectivity index (χ4n) is 2.20. The predicted octanol–water partition coefficient (Wildman–Crippen LogP) is 2.23. The zero-order chi connectivity index (χ0) is 15.4. The van der Waals surface area contributed by atoms with Crippen LogP contribution in [0.5, 0.6) is 11.5 Å². The van der Waals surface area contributed by atoms with Crippen molar-refractivity contribution in [3.8, 4) is 22.8 Å². The molecule has 2 aromatic rings. The summed E-state index contributed by atoms with van der Waals surface area (Å²) in [4.78, 5) is 16.0. The molecule has 23 heavy (non-hydrogen) atoms. The van der Waals surface area contributed by atoms with Crippen molar-refractivity contribution in [2.75, 3.05) is 25.1 Å². The largest absolute Gasteiger partial charge is 0.486 e.